The van der Waals surface area contributed by atoms with Crippen molar-refractivity contribution in [1.29, 1.82) is 0 Å². The van der Waals surface area contributed by atoms with Crippen molar-refractivity contribution >= 4 is 15.8 Å². The van der Waals surface area contributed by atoms with Gasteiger partial charge in [0.2, 0.25) is 10.0 Å². The van der Waals surface area contributed by atoms with Crippen LogP contribution in [0.25, 0.3) is 0 Å². The van der Waals surface area contributed by atoms with Crippen molar-refractivity contribution in [3.63, 3.8) is 0 Å². The van der Waals surface area contributed by atoms with E-state index < -0.39 is 10.0 Å². The molecule has 1 aliphatic heterocycles. The van der Waals surface area contributed by atoms with E-state index in [-0.39, 0.29) is 10.7 Å². The highest BCUT2D eigenvalue weighted by Gasteiger charge is 2.24. The summed E-state index contributed by atoms with van der Waals surface area (Å²) >= 11 is 0. The summed E-state index contributed by atoms with van der Waals surface area (Å²) < 4.78 is 34.9. The van der Waals surface area contributed by atoms with E-state index in [1.54, 1.807) is 13.2 Å². The first kappa shape index (κ1) is 24.2. The molecule has 0 unspecified atom stereocenters. The van der Waals surface area contributed by atoms with E-state index in [1.165, 1.54) is 11.6 Å². The molecule has 0 aliphatic carbocycles. The maximum atomic E-state index is 12.7. The van der Waals surface area contributed by atoms with Crippen molar-refractivity contribution in [2.75, 3.05) is 33.9 Å². The zero-order valence-electron chi connectivity index (χ0n) is 18.8. The summed E-state index contributed by atoms with van der Waals surface area (Å²) in [6.45, 7) is 2.23. The molecule has 0 atom stereocenters. The van der Waals surface area contributed by atoms with E-state index in [2.05, 4.69) is 18.0 Å². The van der Waals surface area contributed by atoms with Gasteiger partial charge in [-0.05, 0) is 75.0 Å². The number of hydrogen-bond acceptors (Lipinski definition) is 6. The number of nitrogens with two attached hydrogens (primary N) is 1. The monoisotopic (exact) mass is 460 g/mol. The number of Topliss-reactive ketones (excluding diaryl/α,β-unsaturated/α-hetero) is 1. The number of para-hydroxylation sites is 1. The Morgan fingerprint density at radius 3 is 2.72 bits per heavy atom. The molecule has 3 rings (SSSR count). The summed E-state index contributed by atoms with van der Waals surface area (Å²) in [6, 6.07) is 11.1. The molecule has 1 heterocycles. The number of likely N-dealkylation sites (N-methyl/N-ethyl adjacent to an activating group) is 1. The molecule has 0 saturated heterocycles. The molecule has 8 heteroatoms. The molecular weight excluding hydrogens is 428 g/mol. The van der Waals surface area contributed by atoms with Crippen molar-refractivity contribution in [2.45, 2.75) is 43.4 Å². The van der Waals surface area contributed by atoms with Gasteiger partial charge in [-0.3, -0.25) is 4.79 Å². The Bertz CT molecular complexity index is 1050. The highest BCUT2D eigenvalue weighted by Crippen LogP contribution is 2.33. The Labute approximate surface area is 190 Å². The number of fused-ring (bicyclic) bond motifs is 1. The number of primary sulfonamides is 1. The van der Waals surface area contributed by atoms with Gasteiger partial charge in [0, 0.05) is 18.5 Å². The molecule has 2 N–H and O–H groups in total. The van der Waals surface area contributed by atoms with Gasteiger partial charge in [-0.15, -0.1) is 0 Å². The molecule has 2 aromatic rings. The SMILES string of the molecule is COc1ccccc1CCN(C)CCCCC(=O)c1cc2c(c(S(N)(=O)=O)c1)OCCC2. The summed E-state index contributed by atoms with van der Waals surface area (Å²) in [7, 11) is -0.214. The second-order valence-electron chi connectivity index (χ2n) is 8.21. The quantitative estimate of drug-likeness (QED) is 0.408. The third-order valence-corrected chi connectivity index (χ3v) is 6.66. The van der Waals surface area contributed by atoms with Gasteiger partial charge in [0.05, 0.1) is 13.7 Å². The van der Waals surface area contributed by atoms with Crippen LogP contribution in [-0.4, -0.2) is 53.0 Å². The van der Waals surface area contributed by atoms with Gasteiger partial charge >= 0.3 is 0 Å². The van der Waals surface area contributed by atoms with Crippen LogP contribution in [0.2, 0.25) is 0 Å². The average Bonchev–Trinajstić information content (AvgIpc) is 2.79. The van der Waals surface area contributed by atoms with E-state index in [1.807, 2.05) is 18.2 Å². The largest absolute Gasteiger partial charge is 0.496 e. The minimum absolute atomic E-state index is 0.0695. The molecule has 0 spiro atoms. The molecule has 0 aromatic heterocycles. The van der Waals surface area contributed by atoms with Gasteiger partial charge in [0.1, 0.15) is 16.4 Å². The Kier molecular flexibility index (Phi) is 8.28. The third kappa shape index (κ3) is 6.31. The van der Waals surface area contributed by atoms with Crippen LogP contribution in [0.1, 0.15) is 47.2 Å². The third-order valence-electron chi connectivity index (χ3n) is 5.75. The molecule has 0 radical (unpaired) electrons. The predicted molar refractivity (Wildman–Crippen MR) is 124 cm³/mol. The van der Waals surface area contributed by atoms with Crippen molar-refractivity contribution in [3.8, 4) is 11.5 Å². The number of sulfonamides is 1. The Morgan fingerprint density at radius 1 is 1.19 bits per heavy atom. The summed E-state index contributed by atoms with van der Waals surface area (Å²) in [5.74, 6) is 1.13. The van der Waals surface area contributed by atoms with Crippen molar-refractivity contribution in [2.24, 2.45) is 5.14 Å². The Hall–Kier alpha value is -2.42. The number of benzene rings is 2. The van der Waals surface area contributed by atoms with Crippen LogP contribution >= 0.6 is 0 Å². The van der Waals surface area contributed by atoms with Gasteiger partial charge in [-0.2, -0.15) is 0 Å². The average molecular weight is 461 g/mol. The molecule has 174 valence electrons. The molecule has 7 nitrogen and oxygen atoms in total. The highest BCUT2D eigenvalue weighted by molar-refractivity contribution is 7.89. The summed E-state index contributed by atoms with van der Waals surface area (Å²) in [6.07, 6.45) is 4.34. The smallest absolute Gasteiger partial charge is 0.241 e. The van der Waals surface area contributed by atoms with Crippen LogP contribution in [0.5, 0.6) is 11.5 Å². The second kappa shape index (κ2) is 10.9. The topological polar surface area (TPSA) is 98.9 Å². The summed E-state index contributed by atoms with van der Waals surface area (Å²) in [5.41, 5.74) is 2.31. The normalized spacial score (nSPS) is 13.5. The highest BCUT2D eigenvalue weighted by atomic mass is 32.2. The molecule has 0 saturated carbocycles. The van der Waals surface area contributed by atoms with Crippen LogP contribution in [0.15, 0.2) is 41.3 Å². The van der Waals surface area contributed by atoms with Gasteiger partial charge in [-0.25, -0.2) is 13.6 Å². The fourth-order valence-electron chi connectivity index (χ4n) is 3.96. The van der Waals surface area contributed by atoms with E-state index in [9.17, 15) is 13.2 Å². The standard InChI is InChI=1S/C24H32N2O5S/c1-26(14-12-18-8-3-4-11-22(18)30-2)13-6-5-10-21(27)20-16-19-9-7-15-31-24(19)23(17-20)32(25,28)29/h3-4,8,11,16-17H,5-7,9-10,12-15H2,1-2H3,(H2,25,28,29). The van der Waals surface area contributed by atoms with Crippen molar-refractivity contribution in [3.05, 3.63) is 53.1 Å². The molecule has 0 bridgehead atoms. The molecule has 1 aliphatic rings. The zero-order valence-corrected chi connectivity index (χ0v) is 19.6. The molecule has 0 amide bonds. The zero-order chi connectivity index (χ0) is 23.1. The number of unbranched alkanes of at least 4 members (excludes halogenated alkanes) is 1. The number of nitrogens with zero attached hydrogens (tertiary/aromatic N) is 1. The van der Waals surface area contributed by atoms with E-state index in [0.29, 0.717) is 30.8 Å². The Morgan fingerprint density at radius 2 is 1.97 bits per heavy atom. The van der Waals surface area contributed by atoms with Gasteiger partial charge in [0.25, 0.3) is 0 Å². The first-order valence-corrected chi connectivity index (χ1v) is 12.5. The number of carbonyl (C=O) groups excluding carboxylic acids is 1. The number of aryl methyl sites for hydroxylation is 1. The predicted octanol–water partition coefficient (Wildman–Crippen LogP) is 3.20. The van der Waals surface area contributed by atoms with Crippen LogP contribution < -0.4 is 14.6 Å². The first-order valence-electron chi connectivity index (χ1n) is 11.0. The van der Waals surface area contributed by atoms with Crippen LogP contribution in [0.4, 0.5) is 0 Å². The molecule has 32 heavy (non-hydrogen) atoms. The lowest BCUT2D eigenvalue weighted by atomic mass is 9.99. The van der Waals surface area contributed by atoms with E-state index in [4.69, 9.17) is 14.6 Å². The van der Waals surface area contributed by atoms with Crippen molar-refractivity contribution in [1.82, 2.24) is 4.90 Å². The van der Waals surface area contributed by atoms with E-state index in [0.717, 1.165) is 50.1 Å². The van der Waals surface area contributed by atoms with Gasteiger partial charge < -0.3 is 14.4 Å². The number of methoxy groups -OCH3 is 1. The minimum atomic E-state index is -3.96. The fraction of sp³-hybridized carbons (Fsp3) is 0.458. The summed E-state index contributed by atoms with van der Waals surface area (Å²) in [5, 5.41) is 5.36. The fourth-order valence-corrected chi connectivity index (χ4v) is 4.70. The molecule has 2 aromatic carbocycles. The summed E-state index contributed by atoms with van der Waals surface area (Å²) in [4.78, 5) is 14.9. The van der Waals surface area contributed by atoms with Crippen LogP contribution in [-0.2, 0) is 22.9 Å². The van der Waals surface area contributed by atoms with E-state index >= 15 is 0 Å². The number of ether oxygens (including phenoxy) is 2. The number of carbonyl (C=O) groups is 1. The first-order chi connectivity index (χ1) is 15.3. The molecule has 0 fully saturated rings. The minimum Gasteiger partial charge on any atom is -0.496 e. The molecular formula is C24H32N2O5S. The number of ketones is 1. The lowest BCUT2D eigenvalue weighted by Gasteiger charge is -2.20. The second-order valence-corrected chi connectivity index (χ2v) is 9.73. The maximum Gasteiger partial charge on any atom is 0.241 e. The van der Waals surface area contributed by atoms with Crippen molar-refractivity contribution < 1.29 is 22.7 Å². The number of rotatable bonds is 11. The van der Waals surface area contributed by atoms with Crippen LogP contribution in [0.3, 0.4) is 0 Å². The van der Waals surface area contributed by atoms with Gasteiger partial charge in [0.15, 0.2) is 5.78 Å². The lowest BCUT2D eigenvalue weighted by Crippen LogP contribution is -2.22. The van der Waals surface area contributed by atoms with Crippen LogP contribution in [0, 0.1) is 0 Å². The Balaban J connectivity index is 1.51. The lowest BCUT2D eigenvalue weighted by molar-refractivity contribution is 0.0977. The van der Waals surface area contributed by atoms with Gasteiger partial charge in [-0.1, -0.05) is 18.2 Å². The maximum absolute atomic E-state index is 12.7. The number of hydrogen-bond donors (Lipinski definition) is 1.